The Labute approximate surface area is 133 Å². The normalized spacial score (nSPS) is 10.4. The Bertz CT molecular complexity index is 691. The molecule has 0 saturated heterocycles. The second kappa shape index (κ2) is 8.96. The summed E-state index contributed by atoms with van der Waals surface area (Å²) in [5.74, 6) is -2.73. The van der Waals surface area contributed by atoms with Crippen LogP contribution in [0.4, 0.5) is 14.5 Å². The molecule has 0 spiro atoms. The molecular weight excluding hydrogens is 326 g/mol. The first-order valence-electron chi connectivity index (χ1n) is 6.48. The highest BCUT2D eigenvalue weighted by atomic mass is 32.2. The molecule has 0 aliphatic rings. The van der Waals surface area contributed by atoms with E-state index >= 15 is 0 Å². The fourth-order valence-electron chi connectivity index (χ4n) is 1.38. The number of carbonyl (C=O) groups excluding carboxylic acids is 1. The minimum Gasteiger partial charge on any atom is -0.320 e. The van der Waals surface area contributed by atoms with Gasteiger partial charge < -0.3 is 5.32 Å². The van der Waals surface area contributed by atoms with E-state index in [0.717, 1.165) is 24.5 Å². The van der Waals surface area contributed by atoms with Gasteiger partial charge in [-0.1, -0.05) is 42.5 Å². The van der Waals surface area contributed by atoms with Crippen LogP contribution in [0.2, 0.25) is 0 Å². The summed E-state index contributed by atoms with van der Waals surface area (Å²) in [6.45, 7) is -0.591. The summed E-state index contributed by atoms with van der Waals surface area (Å²) in [6, 6.07) is 15.1. The summed E-state index contributed by atoms with van der Waals surface area (Å²) in [4.78, 5) is 11.2. The zero-order valence-electron chi connectivity index (χ0n) is 12.3. The van der Waals surface area contributed by atoms with Crippen LogP contribution in [0.15, 0.2) is 54.6 Å². The Kier molecular flexibility index (Phi) is 7.30. The van der Waals surface area contributed by atoms with Crippen molar-refractivity contribution in [2.45, 2.75) is 0 Å². The van der Waals surface area contributed by atoms with E-state index in [4.69, 9.17) is 0 Å². The van der Waals surface area contributed by atoms with Crippen molar-refractivity contribution in [2.24, 2.45) is 0 Å². The summed E-state index contributed by atoms with van der Waals surface area (Å²) in [5.41, 5.74) is -0.604. The lowest BCUT2D eigenvalue weighted by atomic mass is 10.3. The number of hydrogen-bond donors (Lipinski definition) is 2. The first-order valence-corrected chi connectivity index (χ1v) is 8.37. The van der Waals surface area contributed by atoms with E-state index in [9.17, 15) is 22.0 Å². The lowest BCUT2D eigenvalue weighted by Crippen LogP contribution is -2.32. The van der Waals surface area contributed by atoms with E-state index < -0.39 is 39.8 Å². The van der Waals surface area contributed by atoms with Crippen molar-refractivity contribution < 1.29 is 22.0 Å². The number of para-hydroxylation sites is 1. The van der Waals surface area contributed by atoms with Gasteiger partial charge in [0.05, 0.1) is 12.8 Å². The molecule has 0 unspecified atom stereocenters. The second-order valence-corrected chi connectivity index (χ2v) is 6.23. The number of nitrogens with one attached hydrogen (secondary N) is 2. The van der Waals surface area contributed by atoms with Gasteiger partial charge >= 0.3 is 0 Å². The number of halogens is 2. The van der Waals surface area contributed by atoms with Crippen LogP contribution in [0.1, 0.15) is 0 Å². The molecular formula is C15H16F2N2O3S. The maximum atomic E-state index is 13.1. The number of carbonyl (C=O) groups is 1. The van der Waals surface area contributed by atoms with Gasteiger partial charge in [0, 0.05) is 0 Å². The molecule has 0 radical (unpaired) electrons. The van der Waals surface area contributed by atoms with E-state index in [0.29, 0.717) is 0 Å². The molecule has 8 heteroatoms. The molecule has 2 aromatic carbocycles. The molecule has 124 valence electrons. The molecule has 0 heterocycles. The van der Waals surface area contributed by atoms with Crippen LogP contribution in [-0.2, 0) is 14.8 Å². The second-order valence-electron chi connectivity index (χ2n) is 4.39. The zero-order valence-corrected chi connectivity index (χ0v) is 13.1. The van der Waals surface area contributed by atoms with E-state index in [-0.39, 0.29) is 0 Å². The van der Waals surface area contributed by atoms with Gasteiger partial charge in [0.25, 0.3) is 0 Å². The Morgan fingerprint density at radius 2 is 1.39 bits per heavy atom. The number of anilines is 1. The highest BCUT2D eigenvalue weighted by Gasteiger charge is 2.12. The van der Waals surface area contributed by atoms with Crippen LogP contribution in [0.3, 0.4) is 0 Å². The highest BCUT2D eigenvalue weighted by Crippen LogP contribution is 2.17. The molecule has 23 heavy (non-hydrogen) atoms. The topological polar surface area (TPSA) is 75.3 Å². The van der Waals surface area contributed by atoms with Crippen molar-refractivity contribution in [1.29, 1.82) is 0 Å². The van der Waals surface area contributed by atoms with Crippen LogP contribution in [0.25, 0.3) is 0 Å². The minimum atomic E-state index is -3.53. The van der Waals surface area contributed by atoms with Gasteiger partial charge in [-0.2, -0.15) is 0 Å². The lowest BCUT2D eigenvalue weighted by Gasteiger charge is -2.07. The maximum Gasteiger partial charge on any atom is 0.239 e. The molecule has 2 N–H and O–H groups in total. The quantitative estimate of drug-likeness (QED) is 0.894. The van der Waals surface area contributed by atoms with Crippen LogP contribution in [0.5, 0.6) is 0 Å². The fourth-order valence-corrected chi connectivity index (χ4v) is 1.78. The summed E-state index contributed by atoms with van der Waals surface area (Å²) >= 11 is 0. The standard InChI is InChI=1S/C9H10F2N2O3S.C6H6/c1-17(15,16)12-5-8(14)13-9-6(10)3-2-4-7(9)11;1-2-4-6-5-3-1/h2-4,12H,5H2,1H3,(H,13,14);1-6H. The van der Waals surface area contributed by atoms with Gasteiger partial charge in [-0.15, -0.1) is 0 Å². The van der Waals surface area contributed by atoms with E-state index in [1.807, 2.05) is 46.4 Å². The Morgan fingerprint density at radius 3 is 1.78 bits per heavy atom. The Balaban J connectivity index is 0.000000366. The number of sulfonamides is 1. The average molecular weight is 342 g/mol. The summed E-state index contributed by atoms with van der Waals surface area (Å²) < 4.78 is 49.4. The molecule has 0 aliphatic heterocycles. The van der Waals surface area contributed by atoms with Crippen molar-refractivity contribution in [2.75, 3.05) is 18.1 Å². The molecule has 0 atom stereocenters. The number of hydrogen-bond acceptors (Lipinski definition) is 3. The van der Waals surface area contributed by atoms with Gasteiger partial charge in [0.2, 0.25) is 15.9 Å². The van der Waals surface area contributed by atoms with Crippen LogP contribution in [-0.4, -0.2) is 27.1 Å². The predicted octanol–water partition coefficient (Wildman–Crippen LogP) is 2.14. The van der Waals surface area contributed by atoms with E-state index in [1.165, 1.54) is 0 Å². The van der Waals surface area contributed by atoms with Crippen molar-refractivity contribution in [3.8, 4) is 0 Å². The average Bonchev–Trinajstić information content (AvgIpc) is 2.51. The Morgan fingerprint density at radius 1 is 0.957 bits per heavy atom. The fraction of sp³-hybridized carbons (Fsp3) is 0.133. The number of benzene rings is 2. The number of amides is 1. The van der Waals surface area contributed by atoms with E-state index in [1.54, 1.807) is 0 Å². The van der Waals surface area contributed by atoms with Gasteiger partial charge in [-0.05, 0) is 12.1 Å². The third-order valence-electron chi connectivity index (χ3n) is 2.39. The highest BCUT2D eigenvalue weighted by molar-refractivity contribution is 7.88. The van der Waals surface area contributed by atoms with Crippen molar-refractivity contribution in [1.82, 2.24) is 4.72 Å². The first-order chi connectivity index (χ1) is 10.8. The molecule has 0 aromatic heterocycles. The monoisotopic (exact) mass is 342 g/mol. The summed E-state index contributed by atoms with van der Waals surface area (Å²) in [6.07, 6.45) is 0.865. The van der Waals surface area contributed by atoms with Crippen molar-refractivity contribution >= 4 is 21.6 Å². The third-order valence-corrected chi connectivity index (χ3v) is 3.06. The van der Waals surface area contributed by atoms with Crippen molar-refractivity contribution in [3.05, 3.63) is 66.2 Å². The van der Waals surface area contributed by atoms with Gasteiger partial charge in [-0.3, -0.25) is 4.79 Å². The van der Waals surface area contributed by atoms with Crippen LogP contribution >= 0.6 is 0 Å². The van der Waals surface area contributed by atoms with Gasteiger partial charge in [0.1, 0.15) is 17.3 Å². The zero-order chi connectivity index (χ0) is 17.3. The summed E-state index contributed by atoms with van der Waals surface area (Å²) in [7, 11) is -3.53. The van der Waals surface area contributed by atoms with Gasteiger partial charge in [0.15, 0.2) is 0 Å². The van der Waals surface area contributed by atoms with E-state index in [2.05, 4.69) is 0 Å². The molecule has 1 amide bonds. The smallest absolute Gasteiger partial charge is 0.239 e. The predicted molar refractivity (Wildman–Crippen MR) is 84.3 cm³/mol. The molecule has 0 fully saturated rings. The first kappa shape index (κ1) is 18.7. The summed E-state index contributed by atoms with van der Waals surface area (Å²) in [5, 5.41) is 1.94. The maximum absolute atomic E-state index is 13.1. The molecule has 0 bridgehead atoms. The van der Waals surface area contributed by atoms with Crippen LogP contribution in [0, 0.1) is 11.6 Å². The molecule has 2 rings (SSSR count). The Hall–Kier alpha value is -2.32. The minimum absolute atomic E-state index is 0.591. The molecule has 5 nitrogen and oxygen atoms in total. The molecule has 2 aromatic rings. The molecule has 0 saturated carbocycles. The van der Waals surface area contributed by atoms with Crippen molar-refractivity contribution in [3.63, 3.8) is 0 Å². The van der Waals surface area contributed by atoms with Gasteiger partial charge in [-0.25, -0.2) is 21.9 Å². The number of rotatable bonds is 4. The lowest BCUT2D eigenvalue weighted by molar-refractivity contribution is -0.115. The third kappa shape index (κ3) is 8.03. The largest absolute Gasteiger partial charge is 0.320 e. The van der Waals surface area contributed by atoms with Crippen LogP contribution < -0.4 is 10.0 Å². The SMILES string of the molecule is CS(=O)(=O)NCC(=O)Nc1c(F)cccc1F.c1ccccc1. The molecule has 0 aliphatic carbocycles.